The number of benzene rings is 2. The number of hydrogen-bond acceptors (Lipinski definition) is 1. The second-order valence-electron chi connectivity index (χ2n) is 4.93. The van der Waals surface area contributed by atoms with E-state index in [2.05, 4.69) is 80.7 Å². The van der Waals surface area contributed by atoms with Gasteiger partial charge in [-0.2, -0.15) is 0 Å². The third-order valence-electron chi connectivity index (χ3n) is 3.38. The molecule has 0 amide bonds. The Bertz CT molecular complexity index is 473. The van der Waals surface area contributed by atoms with Crippen molar-refractivity contribution >= 4 is 0 Å². The van der Waals surface area contributed by atoms with E-state index in [0.717, 1.165) is 0 Å². The average Bonchev–Trinajstić information content (AvgIpc) is 2.40. The molecule has 0 aliphatic carbocycles. The van der Waals surface area contributed by atoms with Crippen LogP contribution in [-0.4, -0.2) is 0 Å². The first-order chi connectivity index (χ1) is 8.66. The van der Waals surface area contributed by atoms with Gasteiger partial charge in [0.15, 0.2) is 0 Å². The molecule has 0 fully saturated rings. The summed E-state index contributed by atoms with van der Waals surface area (Å²) in [6, 6.07) is 20.0. The standard InChI is InChI=1S/C17H21N/c1-13-9-11-17(12-10-13)15(3)18-14(2)16-7-5-4-6-8-16/h4-12,14-15,18H,1-3H3/t14?,15-/m1/s1. The lowest BCUT2D eigenvalue weighted by Gasteiger charge is -2.21. The summed E-state index contributed by atoms with van der Waals surface area (Å²) in [4.78, 5) is 0. The first-order valence-electron chi connectivity index (χ1n) is 6.54. The molecule has 0 bridgehead atoms. The van der Waals surface area contributed by atoms with Gasteiger partial charge in [-0.3, -0.25) is 0 Å². The van der Waals surface area contributed by atoms with Crippen molar-refractivity contribution in [2.24, 2.45) is 0 Å². The maximum Gasteiger partial charge on any atom is 0.0297 e. The third kappa shape index (κ3) is 3.21. The molecular weight excluding hydrogens is 218 g/mol. The van der Waals surface area contributed by atoms with Crippen molar-refractivity contribution in [1.82, 2.24) is 5.32 Å². The van der Waals surface area contributed by atoms with Gasteiger partial charge < -0.3 is 5.32 Å². The predicted octanol–water partition coefficient (Wildman–Crippen LogP) is 4.41. The summed E-state index contributed by atoms with van der Waals surface area (Å²) in [6.07, 6.45) is 0. The molecule has 0 heterocycles. The predicted molar refractivity (Wildman–Crippen MR) is 77.6 cm³/mol. The van der Waals surface area contributed by atoms with Crippen LogP contribution < -0.4 is 5.32 Å². The lowest BCUT2D eigenvalue weighted by atomic mass is 10.0. The molecule has 2 atom stereocenters. The minimum absolute atomic E-state index is 0.362. The highest BCUT2D eigenvalue weighted by Crippen LogP contribution is 2.19. The number of hydrogen-bond donors (Lipinski definition) is 1. The van der Waals surface area contributed by atoms with Gasteiger partial charge >= 0.3 is 0 Å². The lowest BCUT2D eigenvalue weighted by molar-refractivity contribution is 0.494. The van der Waals surface area contributed by atoms with Crippen molar-refractivity contribution in [1.29, 1.82) is 0 Å². The van der Waals surface area contributed by atoms with Crippen LogP contribution in [0.4, 0.5) is 0 Å². The smallest absolute Gasteiger partial charge is 0.0297 e. The van der Waals surface area contributed by atoms with Gasteiger partial charge in [0, 0.05) is 12.1 Å². The number of aryl methyl sites for hydroxylation is 1. The van der Waals surface area contributed by atoms with Crippen molar-refractivity contribution in [2.75, 3.05) is 0 Å². The fraction of sp³-hybridized carbons (Fsp3) is 0.294. The third-order valence-corrected chi connectivity index (χ3v) is 3.38. The minimum Gasteiger partial charge on any atom is -0.304 e. The molecule has 1 heteroatoms. The molecule has 0 aliphatic rings. The van der Waals surface area contributed by atoms with Crippen molar-refractivity contribution < 1.29 is 0 Å². The van der Waals surface area contributed by atoms with Gasteiger partial charge in [-0.25, -0.2) is 0 Å². The molecule has 0 aliphatic heterocycles. The second kappa shape index (κ2) is 5.83. The van der Waals surface area contributed by atoms with E-state index in [1.165, 1.54) is 16.7 Å². The average molecular weight is 239 g/mol. The van der Waals surface area contributed by atoms with Crippen LogP contribution in [0.5, 0.6) is 0 Å². The number of rotatable bonds is 4. The highest BCUT2D eigenvalue weighted by atomic mass is 14.9. The molecule has 0 radical (unpaired) electrons. The highest BCUT2D eigenvalue weighted by Gasteiger charge is 2.10. The molecule has 2 aromatic carbocycles. The first-order valence-corrected chi connectivity index (χ1v) is 6.54. The Morgan fingerprint density at radius 3 is 1.78 bits per heavy atom. The molecule has 1 N–H and O–H groups in total. The van der Waals surface area contributed by atoms with Crippen LogP contribution in [0, 0.1) is 6.92 Å². The van der Waals surface area contributed by atoms with Crippen molar-refractivity contribution in [3.63, 3.8) is 0 Å². The summed E-state index contributed by atoms with van der Waals surface area (Å²) in [5.74, 6) is 0. The molecule has 0 aromatic heterocycles. The monoisotopic (exact) mass is 239 g/mol. The Balaban J connectivity index is 2.03. The molecule has 0 spiro atoms. The van der Waals surface area contributed by atoms with Crippen LogP contribution in [0.15, 0.2) is 54.6 Å². The van der Waals surface area contributed by atoms with E-state index < -0.39 is 0 Å². The van der Waals surface area contributed by atoms with E-state index in [1.54, 1.807) is 0 Å². The van der Waals surface area contributed by atoms with Gasteiger partial charge in [0.05, 0.1) is 0 Å². The van der Waals surface area contributed by atoms with Crippen LogP contribution >= 0.6 is 0 Å². The molecule has 18 heavy (non-hydrogen) atoms. The Hall–Kier alpha value is -1.60. The Kier molecular flexibility index (Phi) is 4.16. The molecule has 0 saturated heterocycles. The maximum absolute atomic E-state index is 3.63. The SMILES string of the molecule is Cc1ccc([C@@H](C)NC(C)c2ccccc2)cc1. The highest BCUT2D eigenvalue weighted by molar-refractivity contribution is 5.25. The molecular formula is C17H21N. The van der Waals surface area contributed by atoms with Crippen molar-refractivity contribution in [3.05, 3.63) is 71.3 Å². The molecule has 2 rings (SSSR count). The fourth-order valence-corrected chi connectivity index (χ4v) is 2.16. The quantitative estimate of drug-likeness (QED) is 0.833. The van der Waals surface area contributed by atoms with E-state index in [9.17, 15) is 0 Å². The van der Waals surface area contributed by atoms with Crippen LogP contribution in [0.2, 0.25) is 0 Å². The van der Waals surface area contributed by atoms with Crippen LogP contribution in [0.1, 0.15) is 42.6 Å². The lowest BCUT2D eigenvalue weighted by Crippen LogP contribution is -2.22. The zero-order valence-corrected chi connectivity index (χ0v) is 11.4. The Labute approximate surface area is 110 Å². The van der Waals surface area contributed by atoms with E-state index in [-0.39, 0.29) is 0 Å². The summed E-state index contributed by atoms with van der Waals surface area (Å²) in [6.45, 7) is 6.54. The minimum atomic E-state index is 0.362. The van der Waals surface area contributed by atoms with E-state index in [4.69, 9.17) is 0 Å². The molecule has 0 saturated carbocycles. The summed E-state index contributed by atoms with van der Waals surface area (Å²) in [7, 11) is 0. The zero-order chi connectivity index (χ0) is 13.0. The number of nitrogens with one attached hydrogen (secondary N) is 1. The van der Waals surface area contributed by atoms with E-state index >= 15 is 0 Å². The van der Waals surface area contributed by atoms with Gasteiger partial charge in [0.2, 0.25) is 0 Å². The van der Waals surface area contributed by atoms with Crippen molar-refractivity contribution in [3.8, 4) is 0 Å². The zero-order valence-electron chi connectivity index (χ0n) is 11.4. The van der Waals surface area contributed by atoms with E-state index in [0.29, 0.717) is 12.1 Å². The normalized spacial score (nSPS) is 14.2. The summed E-state index contributed by atoms with van der Waals surface area (Å²) in [5, 5.41) is 3.63. The first kappa shape index (κ1) is 12.8. The largest absolute Gasteiger partial charge is 0.304 e. The fourth-order valence-electron chi connectivity index (χ4n) is 2.16. The molecule has 1 nitrogen and oxygen atoms in total. The summed E-state index contributed by atoms with van der Waals surface area (Å²) in [5.41, 5.74) is 3.97. The van der Waals surface area contributed by atoms with Gasteiger partial charge in [-0.1, -0.05) is 60.2 Å². The van der Waals surface area contributed by atoms with Crippen LogP contribution in [-0.2, 0) is 0 Å². The van der Waals surface area contributed by atoms with E-state index in [1.807, 2.05) is 0 Å². The van der Waals surface area contributed by atoms with Gasteiger partial charge in [-0.05, 0) is 31.9 Å². The topological polar surface area (TPSA) is 12.0 Å². The second-order valence-corrected chi connectivity index (χ2v) is 4.93. The Morgan fingerprint density at radius 2 is 1.22 bits per heavy atom. The molecule has 1 unspecified atom stereocenters. The maximum atomic E-state index is 3.63. The van der Waals surface area contributed by atoms with Gasteiger partial charge in [-0.15, -0.1) is 0 Å². The summed E-state index contributed by atoms with van der Waals surface area (Å²) >= 11 is 0. The molecule has 94 valence electrons. The van der Waals surface area contributed by atoms with Crippen LogP contribution in [0.25, 0.3) is 0 Å². The van der Waals surface area contributed by atoms with Gasteiger partial charge in [0.1, 0.15) is 0 Å². The Morgan fingerprint density at radius 1 is 0.722 bits per heavy atom. The summed E-state index contributed by atoms with van der Waals surface area (Å²) < 4.78 is 0. The van der Waals surface area contributed by atoms with Crippen molar-refractivity contribution in [2.45, 2.75) is 32.9 Å². The van der Waals surface area contributed by atoms with Gasteiger partial charge in [0.25, 0.3) is 0 Å². The van der Waals surface area contributed by atoms with Crippen LogP contribution in [0.3, 0.4) is 0 Å². The molecule has 2 aromatic rings.